The van der Waals surface area contributed by atoms with Crippen LogP contribution in [0.15, 0.2) is 49.1 Å². The van der Waals surface area contributed by atoms with Gasteiger partial charge in [0.1, 0.15) is 17.2 Å². The van der Waals surface area contributed by atoms with E-state index in [2.05, 4.69) is 15.0 Å². The summed E-state index contributed by atoms with van der Waals surface area (Å²) >= 11 is 0. The summed E-state index contributed by atoms with van der Waals surface area (Å²) in [5.74, 6) is -0.352. The molecule has 0 spiro atoms. The quantitative estimate of drug-likeness (QED) is 0.398. The third-order valence-corrected chi connectivity index (χ3v) is 8.05. The number of nitrogens with zero attached hydrogens (tertiary/aromatic N) is 2. The molecule has 0 fully saturated rings. The van der Waals surface area contributed by atoms with Crippen LogP contribution in [-0.2, 0) is 20.0 Å². The highest BCUT2D eigenvalue weighted by Gasteiger charge is 2.41. The summed E-state index contributed by atoms with van der Waals surface area (Å²) in [6.07, 6.45) is 0.389. The number of aryl methyl sites for hydroxylation is 1. The summed E-state index contributed by atoms with van der Waals surface area (Å²) in [4.78, 5) is 13.6. The molecular formula is C20H25N5O7S2. The number of phenols is 1. The van der Waals surface area contributed by atoms with Gasteiger partial charge in [-0.1, -0.05) is 13.0 Å². The number of hydrogen-bond donors (Lipinski definition) is 4. The number of sulfonamides is 2. The molecule has 14 heteroatoms. The van der Waals surface area contributed by atoms with Gasteiger partial charge in [0, 0.05) is 14.1 Å². The maximum atomic E-state index is 12.6. The Balaban J connectivity index is 2.10. The first-order valence-corrected chi connectivity index (χ1v) is 13.0. The van der Waals surface area contributed by atoms with Crippen LogP contribution in [-0.4, -0.2) is 52.7 Å². The lowest BCUT2D eigenvalue weighted by Crippen LogP contribution is -2.31. The predicted octanol–water partition coefficient (Wildman–Crippen LogP) is 1.35. The van der Waals surface area contributed by atoms with E-state index in [1.165, 1.54) is 37.2 Å². The Bertz CT molecular complexity index is 1410. The zero-order valence-electron chi connectivity index (χ0n) is 18.9. The maximum Gasteiger partial charge on any atom is 0.299 e. The van der Waals surface area contributed by atoms with Gasteiger partial charge in [0.15, 0.2) is 11.6 Å². The zero-order valence-corrected chi connectivity index (χ0v) is 20.5. The van der Waals surface area contributed by atoms with Crippen LogP contribution in [0.2, 0.25) is 0 Å². The van der Waals surface area contributed by atoms with Gasteiger partial charge < -0.3 is 25.1 Å². The van der Waals surface area contributed by atoms with Crippen molar-refractivity contribution >= 4 is 37.5 Å². The zero-order chi connectivity index (χ0) is 25.4. The van der Waals surface area contributed by atoms with Gasteiger partial charge >= 0.3 is 0 Å². The highest BCUT2D eigenvalue weighted by atomic mass is 32.3. The summed E-state index contributed by atoms with van der Waals surface area (Å²) in [6, 6.07) is 6.96. The second-order valence-electron chi connectivity index (χ2n) is 7.70. The Morgan fingerprint density at radius 3 is 2.47 bits per heavy atom. The number of phenolic OH excluding ortho intramolecular Hbond substituents is 1. The fraction of sp³-hybridized carbons (Fsp3) is 0.300. The minimum Gasteiger partial charge on any atom is -0.505 e. The number of carbonyl (C=O) groups is 1. The van der Waals surface area contributed by atoms with Gasteiger partial charge in [0.05, 0.1) is 17.3 Å². The van der Waals surface area contributed by atoms with Crippen molar-refractivity contribution in [2.75, 3.05) is 19.4 Å². The predicted molar refractivity (Wildman–Crippen MR) is 126 cm³/mol. The summed E-state index contributed by atoms with van der Waals surface area (Å²) in [5, 5.41) is 21.3. The highest BCUT2D eigenvalue weighted by molar-refractivity contribution is 8.13. The average molecular weight is 512 g/mol. The Kier molecular flexibility index (Phi) is 6.78. The van der Waals surface area contributed by atoms with Crippen molar-refractivity contribution in [2.45, 2.75) is 26.3 Å². The molecule has 1 atom stereocenters. The summed E-state index contributed by atoms with van der Waals surface area (Å²) < 4.78 is 57.8. The molecule has 0 aliphatic carbocycles. The molecule has 0 saturated carbocycles. The molecule has 0 radical (unpaired) electrons. The lowest BCUT2D eigenvalue weighted by atomic mass is 10.1. The van der Waals surface area contributed by atoms with Crippen LogP contribution in [0.5, 0.6) is 5.75 Å². The molecular weight excluding hydrogens is 486 g/mol. The van der Waals surface area contributed by atoms with E-state index in [4.69, 9.17) is 9.56 Å². The largest absolute Gasteiger partial charge is 0.505 e. The lowest BCUT2D eigenvalue weighted by Gasteiger charge is -2.20. The van der Waals surface area contributed by atoms with Gasteiger partial charge in [-0.3, -0.25) is 4.79 Å². The lowest BCUT2D eigenvalue weighted by molar-refractivity contribution is 0.0824. The molecule has 1 aromatic heterocycles. The van der Waals surface area contributed by atoms with Gasteiger partial charge in [-0.25, -0.2) is 13.6 Å². The summed E-state index contributed by atoms with van der Waals surface area (Å²) in [7, 11) is -6.44. The number of para-hydroxylation sites is 1. The molecule has 1 amide bonds. The first kappa shape index (κ1) is 25.3. The number of furan rings is 1. The van der Waals surface area contributed by atoms with Crippen LogP contribution in [0.1, 0.15) is 41.3 Å². The van der Waals surface area contributed by atoms with Crippen LogP contribution in [0.4, 0.5) is 5.69 Å². The number of benzene rings is 1. The minimum atomic E-state index is -4.74. The monoisotopic (exact) mass is 511 g/mol. The first-order valence-electron chi connectivity index (χ1n) is 10.0. The molecule has 1 aromatic carbocycles. The average Bonchev–Trinajstić information content (AvgIpc) is 3.26. The smallest absolute Gasteiger partial charge is 0.299 e. The van der Waals surface area contributed by atoms with E-state index in [1.54, 1.807) is 26.0 Å². The van der Waals surface area contributed by atoms with E-state index in [9.17, 15) is 26.7 Å². The van der Waals surface area contributed by atoms with E-state index in [0.717, 1.165) is 0 Å². The van der Waals surface area contributed by atoms with Gasteiger partial charge in [-0.15, -0.1) is 4.40 Å². The van der Waals surface area contributed by atoms with Crippen molar-refractivity contribution in [1.29, 1.82) is 0 Å². The fourth-order valence-corrected chi connectivity index (χ4v) is 5.91. The summed E-state index contributed by atoms with van der Waals surface area (Å²) in [6.45, 7) is 3.51. The van der Waals surface area contributed by atoms with Crippen molar-refractivity contribution < 1.29 is 31.2 Å². The van der Waals surface area contributed by atoms with Gasteiger partial charge in [-0.2, -0.15) is 8.42 Å². The topological polar surface area (TPSA) is 184 Å². The van der Waals surface area contributed by atoms with E-state index in [0.29, 0.717) is 17.9 Å². The standard InChI is InChI=1S/C20H25N5O7S2/c1-5-13(15-10-9-11(2)32-15)22-16-18(24-34(30,31)20(16)33(21,28)29)23-14-8-6-7-12(17(14)26)19(27)25(3)4/h6-10,13,22,26H,5H2,1-4H3,(H,23,24)(H2,21,28,29). The molecule has 0 saturated heterocycles. The number of primary sulfonamides is 1. The molecule has 1 aliphatic rings. The Hall–Kier alpha value is -3.36. The number of hydrogen-bond acceptors (Lipinski definition) is 9. The van der Waals surface area contributed by atoms with Gasteiger partial charge in [0.2, 0.25) is 4.24 Å². The Labute approximate surface area is 197 Å². The molecule has 12 nitrogen and oxygen atoms in total. The van der Waals surface area contributed by atoms with Gasteiger partial charge in [0.25, 0.3) is 26.0 Å². The van der Waals surface area contributed by atoms with Crippen LogP contribution >= 0.6 is 0 Å². The molecule has 184 valence electrons. The number of amidine groups is 1. The molecule has 3 rings (SSSR count). The van der Waals surface area contributed by atoms with Gasteiger partial charge in [-0.05, 0) is 37.6 Å². The number of amides is 1. The number of aromatic hydroxyl groups is 1. The maximum absolute atomic E-state index is 12.6. The van der Waals surface area contributed by atoms with E-state index in [1.807, 2.05) is 0 Å². The molecule has 0 bridgehead atoms. The fourth-order valence-electron chi connectivity index (χ4n) is 3.31. The number of nitrogens with one attached hydrogen (secondary N) is 2. The third kappa shape index (κ3) is 4.93. The van der Waals surface area contributed by atoms with Crippen LogP contribution in [0.3, 0.4) is 0 Å². The third-order valence-electron chi connectivity index (χ3n) is 4.90. The molecule has 2 aromatic rings. The molecule has 1 aliphatic heterocycles. The molecule has 2 heterocycles. The van der Waals surface area contributed by atoms with Crippen molar-refractivity contribution in [3.05, 3.63) is 57.3 Å². The highest BCUT2D eigenvalue weighted by Crippen LogP contribution is 2.33. The Morgan fingerprint density at radius 1 is 1.26 bits per heavy atom. The van der Waals surface area contributed by atoms with E-state index in [-0.39, 0.29) is 11.3 Å². The number of rotatable bonds is 7. The number of carbonyl (C=O) groups excluding carboxylic acids is 1. The Morgan fingerprint density at radius 2 is 1.94 bits per heavy atom. The van der Waals surface area contributed by atoms with Crippen LogP contribution in [0.25, 0.3) is 0 Å². The SMILES string of the molecule is CCC(NC1=C(S(N)(=O)=O)S(=O)(=O)N=C1Nc1cccc(C(=O)N(C)C)c1O)c1ccc(C)o1. The normalized spacial score (nSPS) is 16.2. The minimum absolute atomic E-state index is 0.0564. The van der Waals surface area contributed by atoms with Crippen molar-refractivity contribution in [2.24, 2.45) is 9.54 Å². The van der Waals surface area contributed by atoms with E-state index >= 15 is 0 Å². The van der Waals surface area contributed by atoms with Crippen molar-refractivity contribution in [3.63, 3.8) is 0 Å². The van der Waals surface area contributed by atoms with Crippen molar-refractivity contribution in [3.8, 4) is 5.75 Å². The first-order chi connectivity index (χ1) is 15.8. The second kappa shape index (κ2) is 9.12. The van der Waals surface area contributed by atoms with E-state index < -0.39 is 53.5 Å². The molecule has 34 heavy (non-hydrogen) atoms. The van der Waals surface area contributed by atoms with Crippen LogP contribution in [0, 0.1) is 6.92 Å². The number of anilines is 1. The van der Waals surface area contributed by atoms with Crippen LogP contribution < -0.4 is 15.8 Å². The molecule has 5 N–H and O–H groups in total. The number of nitrogens with two attached hydrogens (primary N) is 1. The summed E-state index contributed by atoms with van der Waals surface area (Å²) in [5.41, 5.74) is -0.537. The van der Waals surface area contributed by atoms with Crippen molar-refractivity contribution in [1.82, 2.24) is 10.2 Å². The second-order valence-corrected chi connectivity index (χ2v) is 11.0. The molecule has 1 unspecified atom stereocenters.